The number of rotatable bonds is 8. The van der Waals surface area contributed by atoms with Gasteiger partial charge in [-0.05, 0) is 64.3 Å². The van der Waals surface area contributed by atoms with Crippen molar-refractivity contribution in [3.05, 3.63) is 29.8 Å². The van der Waals surface area contributed by atoms with Gasteiger partial charge in [0.15, 0.2) is 0 Å². The van der Waals surface area contributed by atoms with Crippen LogP contribution >= 0.6 is 0 Å². The molecule has 0 aromatic heterocycles. The predicted molar refractivity (Wildman–Crippen MR) is 82.1 cm³/mol. The monoisotopic (exact) mass is 277 g/mol. The van der Waals surface area contributed by atoms with Gasteiger partial charge in [-0.25, -0.2) is 0 Å². The summed E-state index contributed by atoms with van der Waals surface area (Å²) in [6.45, 7) is 6.94. The molecular weight excluding hydrogens is 250 g/mol. The average Bonchev–Trinajstić information content (AvgIpc) is 3.22. The van der Waals surface area contributed by atoms with Crippen LogP contribution in [-0.4, -0.2) is 25.9 Å². The Kier molecular flexibility index (Phi) is 5.44. The van der Waals surface area contributed by atoms with Crippen LogP contribution in [0.4, 0.5) is 0 Å². The molecule has 1 N–H and O–H groups in total. The summed E-state index contributed by atoms with van der Waals surface area (Å²) < 4.78 is 11.8. The van der Waals surface area contributed by atoms with Crippen LogP contribution in [0.2, 0.25) is 0 Å². The highest BCUT2D eigenvalue weighted by Gasteiger charge is 2.37. The molecule has 2 rings (SSSR count). The molecule has 1 aromatic rings. The van der Waals surface area contributed by atoms with Crippen LogP contribution in [0.1, 0.15) is 45.2 Å². The first-order chi connectivity index (χ1) is 9.65. The van der Waals surface area contributed by atoms with Gasteiger partial charge in [0.2, 0.25) is 0 Å². The van der Waals surface area contributed by atoms with Gasteiger partial charge >= 0.3 is 0 Å². The fourth-order valence-corrected chi connectivity index (χ4v) is 2.70. The lowest BCUT2D eigenvalue weighted by atomic mass is 9.98. The summed E-state index contributed by atoms with van der Waals surface area (Å²) in [5, 5.41) is 3.42. The highest BCUT2D eigenvalue weighted by atomic mass is 16.5. The highest BCUT2D eigenvalue weighted by Crippen LogP contribution is 2.40. The SMILES string of the molecule is CCOC(C1CC1)C(NC)c1cccc(OC(C)C)c1. The van der Waals surface area contributed by atoms with Gasteiger partial charge in [-0.15, -0.1) is 0 Å². The fraction of sp³-hybridized carbons (Fsp3) is 0.647. The standard InChI is InChI=1S/C17H27NO2/c1-5-19-17(13-9-10-13)16(18-4)14-7-6-8-15(11-14)20-12(2)3/h6-8,11-13,16-18H,5,9-10H2,1-4H3. The highest BCUT2D eigenvalue weighted by molar-refractivity contribution is 5.31. The molecule has 1 aromatic carbocycles. The second kappa shape index (κ2) is 7.09. The molecule has 2 unspecified atom stereocenters. The molecule has 1 aliphatic rings. The van der Waals surface area contributed by atoms with Crippen molar-refractivity contribution in [2.24, 2.45) is 5.92 Å². The summed E-state index contributed by atoms with van der Waals surface area (Å²) in [4.78, 5) is 0. The lowest BCUT2D eigenvalue weighted by Crippen LogP contribution is -2.33. The molecule has 3 nitrogen and oxygen atoms in total. The van der Waals surface area contributed by atoms with E-state index in [4.69, 9.17) is 9.47 Å². The Balaban J connectivity index is 2.16. The smallest absolute Gasteiger partial charge is 0.120 e. The van der Waals surface area contributed by atoms with Gasteiger partial charge in [0, 0.05) is 6.61 Å². The van der Waals surface area contributed by atoms with Crippen LogP contribution < -0.4 is 10.1 Å². The zero-order valence-electron chi connectivity index (χ0n) is 13.1. The summed E-state index contributed by atoms with van der Waals surface area (Å²) in [7, 11) is 2.01. The topological polar surface area (TPSA) is 30.5 Å². The van der Waals surface area contributed by atoms with E-state index >= 15 is 0 Å². The minimum atomic E-state index is 0.199. The first kappa shape index (κ1) is 15.3. The van der Waals surface area contributed by atoms with E-state index in [0.29, 0.717) is 5.92 Å². The van der Waals surface area contributed by atoms with Gasteiger partial charge in [0.05, 0.1) is 18.2 Å². The van der Waals surface area contributed by atoms with E-state index < -0.39 is 0 Å². The molecule has 112 valence electrons. The molecule has 3 heteroatoms. The van der Waals surface area contributed by atoms with Crippen LogP contribution in [0.3, 0.4) is 0 Å². The number of hydrogen-bond donors (Lipinski definition) is 1. The van der Waals surface area contributed by atoms with Gasteiger partial charge in [0.25, 0.3) is 0 Å². The first-order valence-corrected chi connectivity index (χ1v) is 7.71. The summed E-state index contributed by atoms with van der Waals surface area (Å²) in [6.07, 6.45) is 3.03. The number of ether oxygens (including phenoxy) is 2. The van der Waals surface area contributed by atoms with Crippen molar-refractivity contribution in [1.29, 1.82) is 0 Å². The Labute approximate surface area is 122 Å². The number of nitrogens with one attached hydrogen (secondary N) is 1. The second-order valence-corrected chi connectivity index (χ2v) is 5.76. The van der Waals surface area contributed by atoms with Crippen molar-refractivity contribution in [3.63, 3.8) is 0 Å². The third-order valence-corrected chi connectivity index (χ3v) is 3.67. The molecule has 0 aliphatic heterocycles. The summed E-state index contributed by atoms with van der Waals surface area (Å²) in [5.41, 5.74) is 1.25. The predicted octanol–water partition coefficient (Wildman–Crippen LogP) is 3.55. The summed E-state index contributed by atoms with van der Waals surface area (Å²) >= 11 is 0. The summed E-state index contributed by atoms with van der Waals surface area (Å²) in [6, 6.07) is 8.60. The van der Waals surface area contributed by atoms with Gasteiger partial charge in [-0.3, -0.25) is 0 Å². The third kappa shape index (κ3) is 3.97. The molecule has 0 heterocycles. The maximum Gasteiger partial charge on any atom is 0.120 e. The average molecular weight is 277 g/mol. The van der Waals surface area contributed by atoms with E-state index in [2.05, 4.69) is 44.3 Å². The molecular formula is C17H27NO2. The second-order valence-electron chi connectivity index (χ2n) is 5.76. The van der Waals surface area contributed by atoms with Crippen LogP contribution in [0.15, 0.2) is 24.3 Å². The van der Waals surface area contributed by atoms with Crippen LogP contribution in [0.5, 0.6) is 5.75 Å². The quantitative estimate of drug-likeness (QED) is 0.788. The van der Waals surface area contributed by atoms with Gasteiger partial charge in [0.1, 0.15) is 5.75 Å². The maximum atomic E-state index is 5.99. The van der Waals surface area contributed by atoms with E-state index in [1.54, 1.807) is 0 Å². The fourth-order valence-electron chi connectivity index (χ4n) is 2.70. The summed E-state index contributed by atoms with van der Waals surface area (Å²) in [5.74, 6) is 1.63. The Bertz CT molecular complexity index is 415. The number of benzene rings is 1. The molecule has 1 fully saturated rings. The van der Waals surface area contributed by atoms with E-state index in [9.17, 15) is 0 Å². The van der Waals surface area contributed by atoms with Crippen molar-refractivity contribution >= 4 is 0 Å². The molecule has 0 amide bonds. The van der Waals surface area contributed by atoms with Crippen LogP contribution in [0, 0.1) is 5.92 Å². The third-order valence-electron chi connectivity index (χ3n) is 3.67. The minimum absolute atomic E-state index is 0.199. The van der Waals surface area contributed by atoms with Gasteiger partial charge in [-0.2, -0.15) is 0 Å². The van der Waals surface area contributed by atoms with Crippen LogP contribution in [0.25, 0.3) is 0 Å². The molecule has 1 aliphatic carbocycles. The van der Waals surface area contributed by atoms with E-state index in [-0.39, 0.29) is 18.2 Å². The lowest BCUT2D eigenvalue weighted by Gasteiger charge is -2.27. The molecule has 20 heavy (non-hydrogen) atoms. The molecule has 0 saturated heterocycles. The first-order valence-electron chi connectivity index (χ1n) is 7.71. The van der Waals surface area contributed by atoms with Crippen molar-refractivity contribution in [1.82, 2.24) is 5.32 Å². The van der Waals surface area contributed by atoms with Crippen molar-refractivity contribution in [2.45, 2.75) is 51.9 Å². The largest absolute Gasteiger partial charge is 0.491 e. The Morgan fingerprint density at radius 1 is 1.30 bits per heavy atom. The molecule has 0 spiro atoms. The Morgan fingerprint density at radius 3 is 2.60 bits per heavy atom. The Hall–Kier alpha value is -1.06. The molecule has 0 radical (unpaired) electrons. The van der Waals surface area contributed by atoms with Gasteiger partial charge in [-0.1, -0.05) is 12.1 Å². The zero-order chi connectivity index (χ0) is 14.5. The normalized spacial score (nSPS) is 18.1. The maximum absolute atomic E-state index is 5.99. The lowest BCUT2D eigenvalue weighted by molar-refractivity contribution is 0.0204. The number of likely N-dealkylation sites (N-methyl/N-ethyl adjacent to an activating group) is 1. The molecule has 0 bridgehead atoms. The van der Waals surface area contributed by atoms with E-state index in [1.165, 1.54) is 18.4 Å². The number of hydrogen-bond acceptors (Lipinski definition) is 3. The van der Waals surface area contributed by atoms with Gasteiger partial charge < -0.3 is 14.8 Å². The zero-order valence-corrected chi connectivity index (χ0v) is 13.1. The van der Waals surface area contributed by atoms with Crippen molar-refractivity contribution in [3.8, 4) is 5.75 Å². The minimum Gasteiger partial charge on any atom is -0.491 e. The van der Waals surface area contributed by atoms with Crippen LogP contribution in [-0.2, 0) is 4.74 Å². The Morgan fingerprint density at radius 2 is 2.05 bits per heavy atom. The van der Waals surface area contributed by atoms with E-state index in [1.807, 2.05) is 13.1 Å². The molecule has 2 atom stereocenters. The van der Waals surface area contributed by atoms with Crippen molar-refractivity contribution < 1.29 is 9.47 Å². The molecule has 1 saturated carbocycles. The van der Waals surface area contributed by atoms with E-state index in [0.717, 1.165) is 12.4 Å². The van der Waals surface area contributed by atoms with Crippen molar-refractivity contribution in [2.75, 3.05) is 13.7 Å².